The molecular weight excluding hydrogens is 506 g/mol. The molecule has 2 aliphatic rings. The van der Waals surface area contributed by atoms with Crippen molar-refractivity contribution in [2.24, 2.45) is 4.99 Å². The van der Waals surface area contributed by atoms with Crippen LogP contribution in [0.4, 0.5) is 0 Å². The summed E-state index contributed by atoms with van der Waals surface area (Å²) in [5.74, 6) is -0.122. The molecule has 0 saturated heterocycles. The summed E-state index contributed by atoms with van der Waals surface area (Å²) < 4.78 is 21.7. The van der Waals surface area contributed by atoms with E-state index < -0.39 is 11.9 Å². The second kappa shape index (κ2) is 10.5. The van der Waals surface area contributed by atoms with Gasteiger partial charge < -0.3 is 18.9 Å². The maximum atomic E-state index is 12.9. The highest BCUT2D eigenvalue weighted by atomic mass is 35.5. The molecular formula is C25H22ClN3O6S. The van der Waals surface area contributed by atoms with E-state index in [1.807, 2.05) is 6.92 Å². The topological polar surface area (TPSA) is 111 Å². The monoisotopic (exact) mass is 527 g/mol. The zero-order valence-corrected chi connectivity index (χ0v) is 21.5. The minimum absolute atomic E-state index is 0.00684. The Labute approximate surface area is 216 Å². The lowest BCUT2D eigenvalue weighted by molar-refractivity contribution is -0.114. The number of nitrogens with one attached hydrogen (secondary N) is 1. The van der Waals surface area contributed by atoms with Gasteiger partial charge in [-0.1, -0.05) is 23.4 Å². The predicted octanol–water partition coefficient (Wildman–Crippen LogP) is 5.14. The van der Waals surface area contributed by atoms with E-state index in [0.29, 0.717) is 22.2 Å². The van der Waals surface area contributed by atoms with Gasteiger partial charge in [0.1, 0.15) is 5.84 Å². The van der Waals surface area contributed by atoms with Crippen LogP contribution in [0.5, 0.6) is 23.0 Å². The van der Waals surface area contributed by atoms with Gasteiger partial charge in [0.05, 0.1) is 37.0 Å². The summed E-state index contributed by atoms with van der Waals surface area (Å²) >= 11 is 7.82. The van der Waals surface area contributed by atoms with Crippen LogP contribution in [0.3, 0.4) is 0 Å². The number of amidine groups is 2. The smallest absolute Gasteiger partial charge is 0.343 e. The Hall–Kier alpha value is -3.76. The van der Waals surface area contributed by atoms with E-state index in [-0.39, 0.29) is 40.1 Å². The van der Waals surface area contributed by atoms with Gasteiger partial charge in [-0.05, 0) is 55.8 Å². The second-order valence-corrected chi connectivity index (χ2v) is 9.16. The molecule has 36 heavy (non-hydrogen) atoms. The van der Waals surface area contributed by atoms with Crippen LogP contribution in [-0.4, -0.2) is 48.6 Å². The number of rotatable bonds is 7. The van der Waals surface area contributed by atoms with Crippen molar-refractivity contribution in [3.05, 3.63) is 63.2 Å². The summed E-state index contributed by atoms with van der Waals surface area (Å²) in [6.45, 7) is 3.92. The number of ether oxygens (including phenoxy) is 4. The van der Waals surface area contributed by atoms with Crippen molar-refractivity contribution < 1.29 is 28.5 Å². The molecule has 0 aliphatic carbocycles. The van der Waals surface area contributed by atoms with Gasteiger partial charge in [0.15, 0.2) is 28.2 Å². The molecule has 0 unspecified atom stereocenters. The number of amides is 1. The Morgan fingerprint density at radius 3 is 2.61 bits per heavy atom. The van der Waals surface area contributed by atoms with Gasteiger partial charge in [-0.2, -0.15) is 4.99 Å². The number of benzene rings is 2. The highest BCUT2D eigenvalue weighted by Crippen LogP contribution is 2.39. The first kappa shape index (κ1) is 25.3. The Kier molecular flexibility index (Phi) is 7.37. The van der Waals surface area contributed by atoms with Crippen LogP contribution < -0.4 is 18.9 Å². The van der Waals surface area contributed by atoms with Gasteiger partial charge in [0.2, 0.25) is 0 Å². The number of fused-ring (bicyclic) bond motifs is 1. The van der Waals surface area contributed by atoms with Crippen molar-refractivity contribution in [1.82, 2.24) is 4.90 Å². The van der Waals surface area contributed by atoms with Crippen molar-refractivity contribution >= 4 is 52.3 Å². The molecule has 11 heteroatoms. The van der Waals surface area contributed by atoms with Crippen LogP contribution in [-0.2, 0) is 4.79 Å². The van der Waals surface area contributed by atoms with Crippen molar-refractivity contribution in [2.45, 2.75) is 13.8 Å². The molecule has 2 aromatic carbocycles. The van der Waals surface area contributed by atoms with Gasteiger partial charge in [0, 0.05) is 11.1 Å². The van der Waals surface area contributed by atoms with Crippen molar-refractivity contribution in [1.29, 1.82) is 5.41 Å². The first-order valence-electron chi connectivity index (χ1n) is 10.7. The number of hydrogen-bond acceptors (Lipinski definition) is 8. The van der Waals surface area contributed by atoms with Crippen molar-refractivity contribution in [2.75, 3.05) is 20.8 Å². The second-order valence-electron chi connectivity index (χ2n) is 7.54. The number of carbonyl (C=O) groups is 2. The highest BCUT2D eigenvalue weighted by Gasteiger charge is 2.33. The van der Waals surface area contributed by atoms with Crippen LogP contribution in [0, 0.1) is 5.41 Å². The molecule has 2 aliphatic heterocycles. The van der Waals surface area contributed by atoms with Gasteiger partial charge in [-0.25, -0.2) is 4.79 Å². The summed E-state index contributed by atoms with van der Waals surface area (Å²) in [4.78, 5) is 32.0. The Balaban J connectivity index is 1.66. The van der Waals surface area contributed by atoms with E-state index in [1.54, 1.807) is 36.2 Å². The SMILES string of the molecule is CCOc1cc(C=C2C(=N)N3C=C(C)SC3=NC2=O)cc(Cl)c1OC(=O)c1ccc(OC)c(OC)c1. The summed E-state index contributed by atoms with van der Waals surface area (Å²) in [5.41, 5.74) is 0.798. The fourth-order valence-corrected chi connectivity index (χ4v) is 4.59. The van der Waals surface area contributed by atoms with Crippen LogP contribution in [0.2, 0.25) is 5.02 Å². The lowest BCUT2D eigenvalue weighted by Crippen LogP contribution is -2.35. The molecule has 4 rings (SSSR count). The molecule has 0 saturated carbocycles. The number of carbonyl (C=O) groups excluding carboxylic acids is 2. The molecule has 2 heterocycles. The third kappa shape index (κ3) is 4.95. The maximum Gasteiger partial charge on any atom is 0.343 e. The normalized spacial score (nSPS) is 15.9. The lowest BCUT2D eigenvalue weighted by Gasteiger charge is -2.22. The van der Waals surface area contributed by atoms with Gasteiger partial charge >= 0.3 is 5.97 Å². The van der Waals surface area contributed by atoms with Gasteiger partial charge in [-0.3, -0.25) is 15.1 Å². The fourth-order valence-electron chi connectivity index (χ4n) is 3.52. The number of allylic oxidation sites excluding steroid dienone is 1. The minimum Gasteiger partial charge on any atom is -0.493 e. The van der Waals surface area contributed by atoms with Gasteiger partial charge in [-0.15, -0.1) is 0 Å². The number of nitrogens with zero attached hydrogens (tertiary/aromatic N) is 2. The van der Waals surface area contributed by atoms with E-state index in [9.17, 15) is 9.59 Å². The molecule has 2 aromatic rings. The lowest BCUT2D eigenvalue weighted by atomic mass is 10.1. The number of hydrogen-bond donors (Lipinski definition) is 1. The summed E-state index contributed by atoms with van der Waals surface area (Å²) in [5, 5.41) is 9.01. The number of esters is 1. The predicted molar refractivity (Wildman–Crippen MR) is 138 cm³/mol. The quantitative estimate of drug-likeness (QED) is 0.299. The molecule has 0 atom stereocenters. The first-order chi connectivity index (χ1) is 17.2. The number of thioether (sulfide) groups is 1. The Morgan fingerprint density at radius 1 is 1.17 bits per heavy atom. The Bertz CT molecular complexity index is 1370. The largest absolute Gasteiger partial charge is 0.493 e. The summed E-state index contributed by atoms with van der Waals surface area (Å²) in [6.07, 6.45) is 3.26. The molecule has 0 aromatic heterocycles. The first-order valence-corrected chi connectivity index (χ1v) is 11.9. The highest BCUT2D eigenvalue weighted by molar-refractivity contribution is 8.17. The zero-order chi connectivity index (χ0) is 26.0. The van der Waals surface area contributed by atoms with E-state index >= 15 is 0 Å². The molecule has 1 amide bonds. The standard InChI is InChI=1S/C25H22ClN3O6S/c1-5-34-20-10-14(8-16-22(27)29-12-13(2)36-25(29)28-23(16)30)9-17(26)21(20)35-24(31)15-6-7-18(32-3)19(11-15)33-4/h6-12,27H,5H2,1-4H3. The average Bonchev–Trinajstić information content (AvgIpc) is 3.23. The van der Waals surface area contributed by atoms with Crippen LogP contribution in [0.25, 0.3) is 6.08 Å². The number of halogens is 1. The van der Waals surface area contributed by atoms with Crippen LogP contribution >= 0.6 is 23.4 Å². The zero-order valence-electron chi connectivity index (χ0n) is 19.9. The maximum absolute atomic E-state index is 12.9. The number of aliphatic imine (C=N–C) groups is 1. The molecule has 1 N–H and O–H groups in total. The minimum atomic E-state index is -0.676. The molecule has 0 spiro atoms. The van der Waals surface area contributed by atoms with E-state index in [1.165, 1.54) is 44.2 Å². The summed E-state index contributed by atoms with van der Waals surface area (Å²) in [7, 11) is 2.96. The van der Waals surface area contributed by atoms with Crippen LogP contribution in [0.1, 0.15) is 29.8 Å². The average molecular weight is 528 g/mol. The van der Waals surface area contributed by atoms with Crippen molar-refractivity contribution in [3.63, 3.8) is 0 Å². The van der Waals surface area contributed by atoms with E-state index in [4.69, 9.17) is 36.0 Å². The van der Waals surface area contributed by atoms with Crippen LogP contribution in [0.15, 0.2) is 52.0 Å². The third-order valence-corrected chi connectivity index (χ3v) is 6.33. The third-order valence-electron chi connectivity index (χ3n) is 5.15. The van der Waals surface area contributed by atoms with Crippen molar-refractivity contribution in [3.8, 4) is 23.0 Å². The molecule has 186 valence electrons. The number of methoxy groups -OCH3 is 2. The van der Waals surface area contributed by atoms with E-state index in [0.717, 1.165) is 4.91 Å². The molecule has 0 bridgehead atoms. The van der Waals surface area contributed by atoms with Gasteiger partial charge in [0.25, 0.3) is 5.91 Å². The molecule has 0 radical (unpaired) electrons. The van der Waals surface area contributed by atoms with E-state index in [2.05, 4.69) is 4.99 Å². The summed E-state index contributed by atoms with van der Waals surface area (Å²) in [6, 6.07) is 7.73. The Morgan fingerprint density at radius 2 is 1.92 bits per heavy atom. The fraction of sp³-hybridized carbons (Fsp3) is 0.200. The molecule has 9 nitrogen and oxygen atoms in total. The molecule has 0 fully saturated rings.